The van der Waals surface area contributed by atoms with Crippen LogP contribution >= 0.6 is 0 Å². The molecule has 1 unspecified atom stereocenters. The summed E-state index contributed by atoms with van der Waals surface area (Å²) < 4.78 is 5.19. The van der Waals surface area contributed by atoms with Crippen molar-refractivity contribution >= 4 is 0 Å². The lowest BCUT2D eigenvalue weighted by molar-refractivity contribution is 0.199. The number of aromatic nitrogens is 1. The third kappa shape index (κ3) is 1.54. The van der Waals surface area contributed by atoms with Gasteiger partial charge < -0.3 is 9.52 Å². The highest BCUT2D eigenvalue weighted by atomic mass is 16.3. The molecule has 3 nitrogen and oxygen atoms in total. The number of rotatable bonds is 2. The van der Waals surface area contributed by atoms with Crippen LogP contribution in [0, 0.1) is 0 Å². The second-order valence-corrected chi connectivity index (χ2v) is 3.10. The van der Waals surface area contributed by atoms with E-state index in [0.29, 0.717) is 5.89 Å². The summed E-state index contributed by atoms with van der Waals surface area (Å²) >= 11 is 0. The summed E-state index contributed by atoms with van der Waals surface area (Å²) in [4.78, 5) is 4.05. The van der Waals surface area contributed by atoms with E-state index in [-0.39, 0.29) is 0 Å². The Labute approximate surface area is 82.0 Å². The van der Waals surface area contributed by atoms with Crippen molar-refractivity contribution in [2.45, 2.75) is 13.0 Å². The molecule has 1 atom stereocenters. The molecule has 0 saturated heterocycles. The van der Waals surface area contributed by atoms with Crippen LogP contribution in [0.5, 0.6) is 0 Å². The standard InChI is InChI=1S/C11H11NO2/c1-8(13)9-4-2-3-5-10(9)11-12-6-7-14-11/h2-8,13H,1H3. The van der Waals surface area contributed by atoms with Crippen molar-refractivity contribution in [2.24, 2.45) is 0 Å². The minimum absolute atomic E-state index is 0.516. The molecule has 2 aromatic rings. The molecule has 2 rings (SSSR count). The van der Waals surface area contributed by atoms with Gasteiger partial charge in [-0.2, -0.15) is 0 Å². The zero-order chi connectivity index (χ0) is 9.97. The first-order valence-corrected chi connectivity index (χ1v) is 4.46. The minimum Gasteiger partial charge on any atom is -0.445 e. The zero-order valence-electron chi connectivity index (χ0n) is 7.84. The third-order valence-corrected chi connectivity index (χ3v) is 2.07. The Morgan fingerprint density at radius 1 is 1.36 bits per heavy atom. The van der Waals surface area contributed by atoms with Crippen LogP contribution in [-0.2, 0) is 0 Å². The lowest BCUT2D eigenvalue weighted by Crippen LogP contribution is -1.94. The SMILES string of the molecule is CC(O)c1ccccc1-c1ncco1. The van der Waals surface area contributed by atoms with Gasteiger partial charge in [0.1, 0.15) is 6.26 Å². The Bertz CT molecular complexity index is 407. The molecule has 0 spiro atoms. The Morgan fingerprint density at radius 2 is 2.14 bits per heavy atom. The lowest BCUT2D eigenvalue weighted by Gasteiger charge is -2.08. The predicted molar refractivity (Wildman–Crippen MR) is 52.6 cm³/mol. The van der Waals surface area contributed by atoms with E-state index in [9.17, 15) is 5.11 Å². The van der Waals surface area contributed by atoms with Crippen molar-refractivity contribution in [3.8, 4) is 11.5 Å². The van der Waals surface area contributed by atoms with Crippen LogP contribution in [0.15, 0.2) is 41.1 Å². The molecule has 14 heavy (non-hydrogen) atoms. The molecule has 1 aromatic heterocycles. The lowest BCUT2D eigenvalue weighted by atomic mass is 10.0. The number of benzene rings is 1. The molecule has 1 heterocycles. The Hall–Kier alpha value is -1.61. The normalized spacial score (nSPS) is 12.7. The zero-order valence-corrected chi connectivity index (χ0v) is 7.84. The van der Waals surface area contributed by atoms with Crippen molar-refractivity contribution in [1.82, 2.24) is 4.98 Å². The van der Waals surface area contributed by atoms with Crippen LogP contribution in [0.4, 0.5) is 0 Å². The largest absolute Gasteiger partial charge is 0.445 e. The van der Waals surface area contributed by atoms with Crippen molar-refractivity contribution in [3.63, 3.8) is 0 Å². The quantitative estimate of drug-likeness (QED) is 0.789. The first-order valence-electron chi connectivity index (χ1n) is 4.46. The van der Waals surface area contributed by atoms with Crippen LogP contribution in [0.25, 0.3) is 11.5 Å². The summed E-state index contributed by atoms with van der Waals surface area (Å²) in [6.07, 6.45) is 2.60. The van der Waals surface area contributed by atoms with Crippen molar-refractivity contribution < 1.29 is 9.52 Å². The molecule has 72 valence electrons. The third-order valence-electron chi connectivity index (χ3n) is 2.07. The Balaban J connectivity index is 2.53. The molecule has 3 heteroatoms. The summed E-state index contributed by atoms with van der Waals surface area (Å²) in [6.45, 7) is 1.72. The van der Waals surface area contributed by atoms with Gasteiger partial charge in [-0.05, 0) is 18.6 Å². The van der Waals surface area contributed by atoms with Crippen molar-refractivity contribution in [3.05, 3.63) is 42.3 Å². The summed E-state index contributed by atoms with van der Waals surface area (Å²) in [5.74, 6) is 0.543. The fourth-order valence-corrected chi connectivity index (χ4v) is 1.41. The van der Waals surface area contributed by atoms with Crippen molar-refractivity contribution in [1.29, 1.82) is 0 Å². The van der Waals surface area contributed by atoms with E-state index >= 15 is 0 Å². The highest BCUT2D eigenvalue weighted by molar-refractivity contribution is 5.58. The first kappa shape index (κ1) is 8.97. The van der Waals surface area contributed by atoms with Gasteiger partial charge in [0.2, 0.25) is 5.89 Å². The van der Waals surface area contributed by atoms with E-state index in [1.807, 2.05) is 24.3 Å². The van der Waals surface area contributed by atoms with Crippen LogP contribution < -0.4 is 0 Å². The number of oxazole rings is 1. The Kier molecular flexibility index (Phi) is 2.33. The average molecular weight is 189 g/mol. The number of hydrogen-bond donors (Lipinski definition) is 1. The van der Waals surface area contributed by atoms with Gasteiger partial charge >= 0.3 is 0 Å². The van der Waals surface area contributed by atoms with Crippen LogP contribution in [0.2, 0.25) is 0 Å². The van der Waals surface area contributed by atoms with E-state index in [1.165, 1.54) is 6.26 Å². The van der Waals surface area contributed by atoms with Gasteiger partial charge in [0.05, 0.1) is 12.3 Å². The van der Waals surface area contributed by atoms with E-state index in [2.05, 4.69) is 4.98 Å². The molecule has 0 aliphatic carbocycles. The minimum atomic E-state index is -0.516. The smallest absolute Gasteiger partial charge is 0.226 e. The first-order chi connectivity index (χ1) is 6.79. The average Bonchev–Trinajstić information content (AvgIpc) is 2.70. The summed E-state index contributed by atoms with van der Waals surface area (Å²) in [5, 5.41) is 9.53. The highest BCUT2D eigenvalue weighted by Gasteiger charge is 2.11. The van der Waals surface area contributed by atoms with Gasteiger partial charge in [-0.1, -0.05) is 18.2 Å². The number of nitrogens with zero attached hydrogens (tertiary/aromatic N) is 1. The molecular formula is C11H11NO2. The van der Waals surface area contributed by atoms with Gasteiger partial charge in [-0.3, -0.25) is 0 Å². The molecule has 0 fully saturated rings. The summed E-state index contributed by atoms with van der Waals surface area (Å²) in [5.41, 5.74) is 1.67. The molecule has 0 amide bonds. The molecule has 0 bridgehead atoms. The van der Waals surface area contributed by atoms with Gasteiger partial charge in [0, 0.05) is 5.56 Å². The fourth-order valence-electron chi connectivity index (χ4n) is 1.41. The van der Waals surface area contributed by atoms with Gasteiger partial charge in [-0.15, -0.1) is 0 Å². The van der Waals surface area contributed by atoms with Crippen molar-refractivity contribution in [2.75, 3.05) is 0 Å². The second kappa shape index (κ2) is 3.64. The predicted octanol–water partition coefficient (Wildman–Crippen LogP) is 2.39. The molecule has 0 aliphatic rings. The molecule has 1 N–H and O–H groups in total. The van der Waals surface area contributed by atoms with Gasteiger partial charge in [0.25, 0.3) is 0 Å². The number of aliphatic hydroxyl groups is 1. The maximum atomic E-state index is 9.53. The second-order valence-electron chi connectivity index (χ2n) is 3.10. The molecule has 0 saturated carbocycles. The molecule has 1 aromatic carbocycles. The highest BCUT2D eigenvalue weighted by Crippen LogP contribution is 2.26. The van der Waals surface area contributed by atoms with Crippen LogP contribution in [0.3, 0.4) is 0 Å². The van der Waals surface area contributed by atoms with Crippen LogP contribution in [-0.4, -0.2) is 10.1 Å². The topological polar surface area (TPSA) is 46.3 Å². The van der Waals surface area contributed by atoms with Gasteiger partial charge in [-0.25, -0.2) is 4.98 Å². The molecule has 0 radical (unpaired) electrons. The van der Waals surface area contributed by atoms with E-state index in [0.717, 1.165) is 11.1 Å². The monoisotopic (exact) mass is 189 g/mol. The van der Waals surface area contributed by atoms with E-state index < -0.39 is 6.10 Å². The Morgan fingerprint density at radius 3 is 2.79 bits per heavy atom. The summed E-state index contributed by atoms with van der Waals surface area (Å²) in [6, 6.07) is 7.53. The fraction of sp³-hybridized carbons (Fsp3) is 0.182. The maximum Gasteiger partial charge on any atom is 0.226 e. The number of aliphatic hydroxyl groups excluding tert-OH is 1. The van der Waals surface area contributed by atoms with Gasteiger partial charge in [0.15, 0.2) is 0 Å². The molecular weight excluding hydrogens is 178 g/mol. The van der Waals surface area contributed by atoms with E-state index in [4.69, 9.17) is 4.42 Å². The molecule has 0 aliphatic heterocycles. The summed E-state index contributed by atoms with van der Waals surface area (Å²) in [7, 11) is 0. The van der Waals surface area contributed by atoms with Crippen LogP contribution in [0.1, 0.15) is 18.6 Å². The van der Waals surface area contributed by atoms with E-state index in [1.54, 1.807) is 13.1 Å². The number of hydrogen-bond acceptors (Lipinski definition) is 3. The maximum absolute atomic E-state index is 9.53.